The predicted molar refractivity (Wildman–Crippen MR) is 79.7 cm³/mol. The van der Waals surface area contributed by atoms with Crippen LogP contribution in [-0.4, -0.2) is 29.6 Å². The maximum absolute atomic E-state index is 10.8. The third-order valence-electron chi connectivity index (χ3n) is 3.77. The number of carboxylic acid groups (broad SMARTS) is 1. The van der Waals surface area contributed by atoms with Gasteiger partial charge in [0, 0.05) is 17.7 Å². The topological polar surface area (TPSA) is 49.8 Å². The number of carboxylic acids is 1. The molecule has 0 saturated heterocycles. The van der Waals surface area contributed by atoms with E-state index in [0.717, 1.165) is 22.6 Å². The Bertz CT molecular complexity index is 623. The van der Waals surface area contributed by atoms with E-state index in [0.29, 0.717) is 6.54 Å². The van der Waals surface area contributed by atoms with Gasteiger partial charge in [0.15, 0.2) is 0 Å². The Hall–Kier alpha value is -2.33. The number of para-hydroxylation sites is 2. The maximum Gasteiger partial charge on any atom is 0.304 e. The van der Waals surface area contributed by atoms with E-state index < -0.39 is 5.97 Å². The Kier molecular flexibility index (Phi) is 3.62. The molecule has 108 valence electrons. The maximum atomic E-state index is 10.8. The molecule has 0 unspecified atom stereocenters. The molecule has 1 N–H and O–H groups in total. The fraction of sp³-hybridized carbons (Fsp3) is 0.235. The number of aliphatic carboxylic acids is 1. The molecule has 0 atom stereocenters. The molecule has 0 fully saturated rings. The first kappa shape index (κ1) is 13.6. The van der Waals surface area contributed by atoms with Gasteiger partial charge in [0.05, 0.1) is 12.5 Å². The van der Waals surface area contributed by atoms with Crippen molar-refractivity contribution in [2.24, 2.45) is 0 Å². The summed E-state index contributed by atoms with van der Waals surface area (Å²) in [5, 5.41) is 8.90. The third kappa shape index (κ3) is 2.62. The van der Waals surface area contributed by atoms with Crippen LogP contribution in [0.2, 0.25) is 0 Å². The van der Waals surface area contributed by atoms with E-state index in [1.165, 1.54) is 0 Å². The zero-order valence-corrected chi connectivity index (χ0v) is 11.8. The van der Waals surface area contributed by atoms with Gasteiger partial charge >= 0.3 is 5.97 Å². The van der Waals surface area contributed by atoms with Crippen LogP contribution in [0.15, 0.2) is 48.5 Å². The molecule has 2 aromatic carbocycles. The lowest BCUT2D eigenvalue weighted by Gasteiger charge is -2.34. The fourth-order valence-electron chi connectivity index (χ4n) is 2.76. The van der Waals surface area contributed by atoms with Gasteiger partial charge in [-0.15, -0.1) is 0 Å². The Balaban J connectivity index is 2.00. The smallest absolute Gasteiger partial charge is 0.304 e. The predicted octanol–water partition coefficient (Wildman–Crippen LogP) is 3.29. The average Bonchev–Trinajstić information content (AvgIpc) is 2.50. The van der Waals surface area contributed by atoms with Gasteiger partial charge in [-0.25, -0.2) is 0 Å². The van der Waals surface area contributed by atoms with Crippen molar-refractivity contribution in [1.82, 2.24) is 4.90 Å². The number of fused-ring (bicyclic) bond motifs is 2. The summed E-state index contributed by atoms with van der Waals surface area (Å²) in [7, 11) is 1.95. The van der Waals surface area contributed by atoms with Crippen LogP contribution in [0.1, 0.15) is 23.6 Å². The number of hydrogen-bond acceptors (Lipinski definition) is 3. The number of ether oxygens (including phenoxy) is 1. The second-order valence-corrected chi connectivity index (χ2v) is 5.20. The van der Waals surface area contributed by atoms with Crippen LogP contribution in [0.5, 0.6) is 11.5 Å². The van der Waals surface area contributed by atoms with E-state index in [1.807, 2.05) is 55.6 Å². The normalized spacial score (nSPS) is 13.4. The molecule has 21 heavy (non-hydrogen) atoms. The Labute approximate surface area is 123 Å². The number of hydrogen-bond donors (Lipinski definition) is 1. The lowest BCUT2D eigenvalue weighted by atomic mass is 9.93. The van der Waals surface area contributed by atoms with Crippen LogP contribution >= 0.6 is 0 Å². The molecule has 0 aromatic heterocycles. The standard InChI is InChI=1S/C17H17NO3/c1-18(11-10-16(19)20)17-12-6-2-4-8-14(12)21-15-9-5-3-7-13(15)17/h2-9,17H,10-11H2,1H3,(H,19,20). The summed E-state index contributed by atoms with van der Waals surface area (Å²) in [4.78, 5) is 12.9. The van der Waals surface area contributed by atoms with Crippen molar-refractivity contribution >= 4 is 5.97 Å². The third-order valence-corrected chi connectivity index (χ3v) is 3.77. The highest BCUT2D eigenvalue weighted by atomic mass is 16.5. The van der Waals surface area contributed by atoms with Crippen LogP contribution in [0.3, 0.4) is 0 Å². The highest BCUT2D eigenvalue weighted by Crippen LogP contribution is 2.44. The van der Waals surface area contributed by atoms with Crippen LogP contribution in [0, 0.1) is 0 Å². The first-order valence-corrected chi connectivity index (χ1v) is 6.94. The largest absolute Gasteiger partial charge is 0.481 e. The van der Waals surface area contributed by atoms with Crippen molar-refractivity contribution < 1.29 is 14.6 Å². The van der Waals surface area contributed by atoms with E-state index >= 15 is 0 Å². The van der Waals surface area contributed by atoms with Gasteiger partial charge in [0.2, 0.25) is 0 Å². The molecular weight excluding hydrogens is 266 g/mol. The molecule has 1 aliphatic rings. The molecule has 0 bridgehead atoms. The summed E-state index contributed by atoms with van der Waals surface area (Å²) < 4.78 is 5.94. The minimum Gasteiger partial charge on any atom is -0.481 e. The molecule has 0 amide bonds. The van der Waals surface area contributed by atoms with E-state index in [2.05, 4.69) is 4.90 Å². The van der Waals surface area contributed by atoms with Gasteiger partial charge in [-0.1, -0.05) is 36.4 Å². The second kappa shape index (κ2) is 5.58. The van der Waals surface area contributed by atoms with Crippen LogP contribution in [0.25, 0.3) is 0 Å². The molecule has 4 heteroatoms. The van der Waals surface area contributed by atoms with E-state index in [-0.39, 0.29) is 12.5 Å². The minimum atomic E-state index is -0.782. The summed E-state index contributed by atoms with van der Waals surface area (Å²) in [6.07, 6.45) is 0.123. The molecule has 2 aromatic rings. The van der Waals surface area contributed by atoms with Crippen LogP contribution < -0.4 is 4.74 Å². The van der Waals surface area contributed by atoms with E-state index in [1.54, 1.807) is 0 Å². The van der Waals surface area contributed by atoms with Gasteiger partial charge in [-0.3, -0.25) is 9.69 Å². The molecule has 1 heterocycles. The van der Waals surface area contributed by atoms with Crippen molar-refractivity contribution in [1.29, 1.82) is 0 Å². The lowest BCUT2D eigenvalue weighted by molar-refractivity contribution is -0.137. The van der Waals surface area contributed by atoms with Crippen LogP contribution in [-0.2, 0) is 4.79 Å². The summed E-state index contributed by atoms with van der Waals surface area (Å²) in [5.74, 6) is 0.891. The number of rotatable bonds is 4. The zero-order valence-electron chi connectivity index (χ0n) is 11.8. The Morgan fingerprint density at radius 2 is 1.62 bits per heavy atom. The monoisotopic (exact) mass is 283 g/mol. The van der Waals surface area contributed by atoms with Crippen molar-refractivity contribution in [3.8, 4) is 11.5 Å². The molecule has 0 radical (unpaired) electrons. The molecule has 3 rings (SSSR count). The van der Waals surface area contributed by atoms with E-state index in [9.17, 15) is 4.79 Å². The van der Waals surface area contributed by atoms with Gasteiger partial charge < -0.3 is 9.84 Å². The first-order valence-electron chi connectivity index (χ1n) is 6.94. The molecule has 0 aliphatic carbocycles. The quantitative estimate of drug-likeness (QED) is 0.935. The molecule has 1 aliphatic heterocycles. The molecular formula is C17H17NO3. The van der Waals surface area contributed by atoms with E-state index in [4.69, 9.17) is 9.84 Å². The van der Waals surface area contributed by atoms with Crippen molar-refractivity contribution in [2.75, 3.05) is 13.6 Å². The van der Waals surface area contributed by atoms with Gasteiger partial charge in [-0.2, -0.15) is 0 Å². The lowest BCUT2D eigenvalue weighted by Crippen LogP contribution is -2.30. The van der Waals surface area contributed by atoms with Crippen molar-refractivity contribution in [3.63, 3.8) is 0 Å². The average molecular weight is 283 g/mol. The highest BCUT2D eigenvalue weighted by Gasteiger charge is 2.29. The second-order valence-electron chi connectivity index (χ2n) is 5.20. The highest BCUT2D eigenvalue weighted by molar-refractivity contribution is 5.67. The van der Waals surface area contributed by atoms with Gasteiger partial charge in [0.1, 0.15) is 11.5 Å². The van der Waals surface area contributed by atoms with Gasteiger partial charge in [-0.05, 0) is 19.2 Å². The number of nitrogens with zero attached hydrogens (tertiary/aromatic N) is 1. The summed E-state index contributed by atoms with van der Waals surface area (Å²) in [6.45, 7) is 0.489. The molecule has 0 saturated carbocycles. The molecule has 4 nitrogen and oxygen atoms in total. The van der Waals surface area contributed by atoms with Crippen molar-refractivity contribution in [3.05, 3.63) is 59.7 Å². The summed E-state index contributed by atoms with van der Waals surface area (Å²) >= 11 is 0. The Morgan fingerprint density at radius 3 is 2.14 bits per heavy atom. The number of carbonyl (C=O) groups is 1. The van der Waals surface area contributed by atoms with Gasteiger partial charge in [0.25, 0.3) is 0 Å². The summed E-state index contributed by atoms with van der Waals surface area (Å²) in [6, 6.07) is 15.8. The minimum absolute atomic E-state index is 0.0190. The molecule has 0 spiro atoms. The summed E-state index contributed by atoms with van der Waals surface area (Å²) in [5.41, 5.74) is 2.15. The fourth-order valence-corrected chi connectivity index (χ4v) is 2.76. The first-order chi connectivity index (χ1) is 10.2. The SMILES string of the molecule is CN(CCC(=O)O)C1c2ccccc2Oc2ccccc21. The van der Waals surface area contributed by atoms with Crippen LogP contribution in [0.4, 0.5) is 0 Å². The number of benzene rings is 2. The van der Waals surface area contributed by atoms with Crippen molar-refractivity contribution in [2.45, 2.75) is 12.5 Å². The zero-order chi connectivity index (χ0) is 14.8. The Morgan fingerprint density at radius 1 is 1.10 bits per heavy atom.